The van der Waals surface area contributed by atoms with Gasteiger partial charge in [-0.25, -0.2) is 4.68 Å². The Balaban J connectivity index is 1.92. The number of aliphatic hydroxyl groups is 1. The third-order valence-corrected chi connectivity index (χ3v) is 3.73. The Labute approximate surface area is 112 Å². The van der Waals surface area contributed by atoms with E-state index in [4.69, 9.17) is 4.74 Å². The lowest BCUT2D eigenvalue weighted by Gasteiger charge is -2.22. The minimum Gasteiger partial charge on any atom is -0.384 e. The fourth-order valence-electron chi connectivity index (χ4n) is 2.61. The smallest absolute Gasteiger partial charge is 0.122 e. The number of aromatic nitrogens is 2. The maximum Gasteiger partial charge on any atom is 0.122 e. The van der Waals surface area contributed by atoms with Gasteiger partial charge in [0.1, 0.15) is 6.10 Å². The highest BCUT2D eigenvalue weighted by atomic mass is 16.5. The third-order valence-electron chi connectivity index (χ3n) is 3.73. The summed E-state index contributed by atoms with van der Waals surface area (Å²) in [5.41, 5.74) is 1.73. The first-order chi connectivity index (χ1) is 9.27. The van der Waals surface area contributed by atoms with Gasteiger partial charge in [-0.05, 0) is 30.5 Å². The largest absolute Gasteiger partial charge is 0.384 e. The summed E-state index contributed by atoms with van der Waals surface area (Å²) in [4.78, 5) is 0. The first-order valence-electron chi connectivity index (χ1n) is 6.66. The van der Waals surface area contributed by atoms with Gasteiger partial charge >= 0.3 is 0 Å². The molecule has 2 heterocycles. The van der Waals surface area contributed by atoms with Crippen molar-refractivity contribution >= 4 is 0 Å². The molecule has 0 spiro atoms. The monoisotopic (exact) mass is 258 g/mol. The van der Waals surface area contributed by atoms with Gasteiger partial charge in [0, 0.05) is 12.8 Å². The van der Waals surface area contributed by atoms with Crippen molar-refractivity contribution in [2.24, 2.45) is 5.92 Å². The number of aliphatic hydroxyl groups excluding tert-OH is 1. The Morgan fingerprint density at radius 3 is 2.79 bits per heavy atom. The number of hydrogen-bond acceptors (Lipinski definition) is 3. The molecule has 0 radical (unpaired) electrons. The fraction of sp³-hybridized carbons (Fsp3) is 0.400. The van der Waals surface area contributed by atoms with Gasteiger partial charge in [0.05, 0.1) is 17.5 Å². The Morgan fingerprint density at radius 1 is 1.32 bits per heavy atom. The van der Waals surface area contributed by atoms with E-state index in [9.17, 15) is 5.11 Å². The number of nitrogens with zero attached hydrogens (tertiary/aromatic N) is 2. The zero-order valence-electron chi connectivity index (χ0n) is 10.9. The van der Waals surface area contributed by atoms with Crippen molar-refractivity contribution in [1.82, 2.24) is 9.78 Å². The summed E-state index contributed by atoms with van der Waals surface area (Å²) in [6.45, 7) is 2.84. The molecule has 1 aromatic carbocycles. The van der Waals surface area contributed by atoms with E-state index in [2.05, 4.69) is 12.0 Å². The van der Waals surface area contributed by atoms with Crippen LogP contribution in [0.25, 0.3) is 5.69 Å². The zero-order chi connectivity index (χ0) is 13.2. The lowest BCUT2D eigenvalue weighted by molar-refractivity contribution is -0.0209. The van der Waals surface area contributed by atoms with Crippen molar-refractivity contribution in [1.29, 1.82) is 0 Å². The van der Waals surface area contributed by atoms with E-state index in [0.717, 1.165) is 24.4 Å². The minimum absolute atomic E-state index is 0.140. The zero-order valence-corrected chi connectivity index (χ0v) is 10.9. The van der Waals surface area contributed by atoms with Gasteiger partial charge in [0.25, 0.3) is 0 Å². The summed E-state index contributed by atoms with van der Waals surface area (Å²) in [7, 11) is 0. The summed E-state index contributed by atoms with van der Waals surface area (Å²) < 4.78 is 7.43. The molecule has 3 atom stereocenters. The van der Waals surface area contributed by atoms with E-state index < -0.39 is 6.10 Å². The Kier molecular flexibility index (Phi) is 3.36. The average molecular weight is 258 g/mol. The molecule has 1 fully saturated rings. The van der Waals surface area contributed by atoms with Crippen molar-refractivity contribution in [3.05, 3.63) is 48.3 Å². The SMILES string of the molecule is CC1CCOC1C(O)c1ccnn1-c1ccccc1. The van der Waals surface area contributed by atoms with Crippen LogP contribution >= 0.6 is 0 Å². The van der Waals surface area contributed by atoms with Gasteiger partial charge < -0.3 is 9.84 Å². The van der Waals surface area contributed by atoms with Gasteiger partial charge in [-0.3, -0.25) is 0 Å². The number of rotatable bonds is 3. The molecule has 2 aromatic rings. The summed E-state index contributed by atoms with van der Waals surface area (Å²) in [5.74, 6) is 0.370. The topological polar surface area (TPSA) is 47.3 Å². The van der Waals surface area contributed by atoms with E-state index in [1.807, 2.05) is 36.4 Å². The first kappa shape index (κ1) is 12.4. The summed E-state index contributed by atoms with van der Waals surface area (Å²) in [5, 5.41) is 14.8. The van der Waals surface area contributed by atoms with Crippen LogP contribution in [0.3, 0.4) is 0 Å². The molecule has 1 saturated heterocycles. The maximum absolute atomic E-state index is 10.5. The second-order valence-corrected chi connectivity index (χ2v) is 5.05. The second-order valence-electron chi connectivity index (χ2n) is 5.05. The Morgan fingerprint density at radius 2 is 2.11 bits per heavy atom. The molecule has 0 saturated carbocycles. The van der Waals surface area contributed by atoms with E-state index in [1.165, 1.54) is 0 Å². The van der Waals surface area contributed by atoms with Crippen LogP contribution in [-0.2, 0) is 4.74 Å². The van der Waals surface area contributed by atoms with Crippen LogP contribution in [0.2, 0.25) is 0 Å². The molecule has 19 heavy (non-hydrogen) atoms. The molecule has 1 aromatic heterocycles. The molecule has 4 nitrogen and oxygen atoms in total. The predicted molar refractivity (Wildman–Crippen MR) is 72.0 cm³/mol. The minimum atomic E-state index is -0.639. The number of hydrogen-bond donors (Lipinski definition) is 1. The highest BCUT2D eigenvalue weighted by molar-refractivity contribution is 5.33. The molecule has 1 aliphatic heterocycles. The van der Waals surface area contributed by atoms with Crippen LogP contribution in [0.5, 0.6) is 0 Å². The van der Waals surface area contributed by atoms with E-state index in [-0.39, 0.29) is 6.10 Å². The molecule has 100 valence electrons. The molecular formula is C15H18N2O2. The fourth-order valence-corrected chi connectivity index (χ4v) is 2.61. The molecule has 0 amide bonds. The lowest BCUT2D eigenvalue weighted by Crippen LogP contribution is -2.25. The normalized spacial score (nSPS) is 24.5. The van der Waals surface area contributed by atoms with E-state index in [1.54, 1.807) is 10.9 Å². The molecule has 1 aliphatic rings. The van der Waals surface area contributed by atoms with Gasteiger partial charge in [-0.2, -0.15) is 5.10 Å². The maximum atomic E-state index is 10.5. The molecule has 0 bridgehead atoms. The first-order valence-corrected chi connectivity index (χ1v) is 6.66. The average Bonchev–Trinajstić information content (AvgIpc) is 3.07. The van der Waals surface area contributed by atoms with Crippen LogP contribution in [0.15, 0.2) is 42.6 Å². The molecule has 3 unspecified atom stereocenters. The van der Waals surface area contributed by atoms with Crippen molar-refractivity contribution in [3.63, 3.8) is 0 Å². The van der Waals surface area contributed by atoms with Gasteiger partial charge in [0.2, 0.25) is 0 Å². The predicted octanol–water partition coefficient (Wildman–Crippen LogP) is 2.33. The van der Waals surface area contributed by atoms with Crippen LogP contribution in [-0.4, -0.2) is 27.6 Å². The van der Waals surface area contributed by atoms with Crippen molar-refractivity contribution < 1.29 is 9.84 Å². The number of para-hydroxylation sites is 1. The van der Waals surface area contributed by atoms with E-state index >= 15 is 0 Å². The van der Waals surface area contributed by atoms with Crippen LogP contribution in [0.4, 0.5) is 0 Å². The number of ether oxygens (including phenoxy) is 1. The summed E-state index contributed by atoms with van der Waals surface area (Å²) >= 11 is 0. The van der Waals surface area contributed by atoms with Gasteiger partial charge in [-0.15, -0.1) is 0 Å². The molecule has 1 N–H and O–H groups in total. The second kappa shape index (κ2) is 5.15. The van der Waals surface area contributed by atoms with Gasteiger partial charge in [-0.1, -0.05) is 25.1 Å². The molecule has 3 rings (SSSR count). The molecular weight excluding hydrogens is 240 g/mol. The number of benzene rings is 1. The van der Waals surface area contributed by atoms with Crippen molar-refractivity contribution in [2.75, 3.05) is 6.61 Å². The Bertz CT molecular complexity index is 538. The summed E-state index contributed by atoms with van der Waals surface area (Å²) in [6.07, 6.45) is 1.94. The molecule has 0 aliphatic carbocycles. The van der Waals surface area contributed by atoms with Gasteiger partial charge in [0.15, 0.2) is 0 Å². The van der Waals surface area contributed by atoms with Crippen LogP contribution in [0, 0.1) is 5.92 Å². The summed E-state index contributed by atoms with van der Waals surface area (Å²) in [6, 6.07) is 11.7. The quantitative estimate of drug-likeness (QED) is 0.919. The van der Waals surface area contributed by atoms with Crippen LogP contribution < -0.4 is 0 Å². The van der Waals surface area contributed by atoms with E-state index in [0.29, 0.717) is 5.92 Å². The van der Waals surface area contributed by atoms with Crippen molar-refractivity contribution in [2.45, 2.75) is 25.6 Å². The standard InChI is InChI=1S/C15H18N2O2/c1-11-8-10-19-15(11)14(18)13-7-9-16-17(13)12-5-3-2-4-6-12/h2-7,9,11,14-15,18H,8,10H2,1H3. The highest BCUT2D eigenvalue weighted by Crippen LogP contribution is 2.31. The Hall–Kier alpha value is -1.65. The lowest BCUT2D eigenvalue weighted by atomic mass is 9.97. The van der Waals surface area contributed by atoms with Crippen molar-refractivity contribution in [3.8, 4) is 5.69 Å². The third kappa shape index (κ3) is 2.29. The van der Waals surface area contributed by atoms with Crippen LogP contribution in [0.1, 0.15) is 25.1 Å². The molecule has 4 heteroatoms. The highest BCUT2D eigenvalue weighted by Gasteiger charge is 2.33.